The van der Waals surface area contributed by atoms with Crippen molar-refractivity contribution in [1.82, 2.24) is 9.80 Å². The van der Waals surface area contributed by atoms with E-state index in [9.17, 15) is 14.4 Å². The molecule has 0 spiro atoms. The van der Waals surface area contributed by atoms with Gasteiger partial charge in [-0.25, -0.2) is 4.79 Å². The number of ether oxygens (including phenoxy) is 1. The molecular weight excluding hydrogens is 332 g/mol. The van der Waals surface area contributed by atoms with E-state index in [2.05, 4.69) is 0 Å². The number of hydrogen-bond donors (Lipinski definition) is 0. The summed E-state index contributed by atoms with van der Waals surface area (Å²) < 4.78 is 5.32. The normalized spacial score (nSPS) is 14.4. The Hall–Kier alpha value is -2.37. The van der Waals surface area contributed by atoms with Gasteiger partial charge in [-0.05, 0) is 62.4 Å². The molecule has 0 aliphatic carbocycles. The molecule has 1 aliphatic rings. The molecule has 0 saturated carbocycles. The molecule has 0 bridgehead atoms. The van der Waals surface area contributed by atoms with Gasteiger partial charge < -0.3 is 14.5 Å². The van der Waals surface area contributed by atoms with Crippen molar-refractivity contribution >= 4 is 17.8 Å². The average Bonchev–Trinajstić information content (AvgIpc) is 2.63. The Bertz CT molecular complexity index is 718. The third-order valence-corrected chi connectivity index (χ3v) is 5.61. The van der Waals surface area contributed by atoms with Crippen molar-refractivity contribution < 1.29 is 19.1 Å². The van der Waals surface area contributed by atoms with Gasteiger partial charge in [0.2, 0.25) is 5.91 Å². The standard InChI is InChI=1S/C20H28N2O4/c1-12-13(2)15(4)19(16(5)14(12)3)20(25)26-11-18(24)22-9-7-21(8-10-22)17(6)23/h7-11H2,1-6H3. The Kier molecular flexibility index (Phi) is 6.05. The van der Waals surface area contributed by atoms with Crippen LogP contribution in [0.5, 0.6) is 0 Å². The number of benzene rings is 1. The largest absolute Gasteiger partial charge is 0.452 e. The lowest BCUT2D eigenvalue weighted by molar-refractivity contribution is -0.140. The number of carbonyl (C=O) groups excluding carboxylic acids is 3. The van der Waals surface area contributed by atoms with E-state index in [-0.39, 0.29) is 18.4 Å². The van der Waals surface area contributed by atoms with Crippen LogP contribution in [0.1, 0.15) is 45.1 Å². The average molecular weight is 360 g/mol. The smallest absolute Gasteiger partial charge is 0.339 e. The summed E-state index contributed by atoms with van der Waals surface area (Å²) in [6.45, 7) is 13.1. The second-order valence-corrected chi connectivity index (χ2v) is 6.96. The third kappa shape index (κ3) is 3.89. The monoisotopic (exact) mass is 360 g/mol. The number of hydrogen-bond acceptors (Lipinski definition) is 4. The van der Waals surface area contributed by atoms with Gasteiger partial charge in [0.05, 0.1) is 5.56 Å². The molecule has 0 aromatic heterocycles. The Balaban J connectivity index is 2.02. The van der Waals surface area contributed by atoms with Gasteiger partial charge in [0.25, 0.3) is 5.91 Å². The van der Waals surface area contributed by atoms with E-state index >= 15 is 0 Å². The van der Waals surface area contributed by atoms with E-state index < -0.39 is 5.97 Å². The molecule has 6 heteroatoms. The Morgan fingerprint density at radius 1 is 0.769 bits per heavy atom. The van der Waals surface area contributed by atoms with E-state index in [1.165, 1.54) is 12.5 Å². The molecule has 1 saturated heterocycles. The first kappa shape index (κ1) is 19.9. The van der Waals surface area contributed by atoms with Crippen molar-refractivity contribution in [1.29, 1.82) is 0 Å². The fourth-order valence-electron chi connectivity index (χ4n) is 3.37. The Labute approximate surface area is 155 Å². The van der Waals surface area contributed by atoms with Crippen LogP contribution in [0.3, 0.4) is 0 Å². The molecule has 26 heavy (non-hydrogen) atoms. The zero-order valence-corrected chi connectivity index (χ0v) is 16.6. The molecular formula is C20H28N2O4. The van der Waals surface area contributed by atoms with E-state index in [4.69, 9.17) is 4.74 Å². The van der Waals surface area contributed by atoms with Crippen molar-refractivity contribution in [3.8, 4) is 0 Å². The summed E-state index contributed by atoms with van der Waals surface area (Å²) in [6.07, 6.45) is 0. The van der Waals surface area contributed by atoms with Gasteiger partial charge in [-0.2, -0.15) is 0 Å². The fourth-order valence-corrected chi connectivity index (χ4v) is 3.37. The lowest BCUT2D eigenvalue weighted by atomic mass is 9.90. The van der Waals surface area contributed by atoms with Crippen LogP contribution in [0.2, 0.25) is 0 Å². The summed E-state index contributed by atoms with van der Waals surface area (Å²) in [4.78, 5) is 39.6. The van der Waals surface area contributed by atoms with Crippen molar-refractivity contribution in [3.63, 3.8) is 0 Å². The van der Waals surface area contributed by atoms with Gasteiger partial charge in [-0.3, -0.25) is 9.59 Å². The first-order valence-electron chi connectivity index (χ1n) is 8.92. The molecule has 1 aromatic carbocycles. The summed E-state index contributed by atoms with van der Waals surface area (Å²) >= 11 is 0. The predicted octanol–water partition coefficient (Wildman–Crippen LogP) is 2.08. The minimum Gasteiger partial charge on any atom is -0.452 e. The number of amides is 2. The van der Waals surface area contributed by atoms with Crippen molar-refractivity contribution in [2.45, 2.75) is 41.5 Å². The Morgan fingerprint density at radius 3 is 1.65 bits per heavy atom. The second-order valence-electron chi connectivity index (χ2n) is 6.96. The van der Waals surface area contributed by atoms with E-state index in [0.29, 0.717) is 31.7 Å². The molecule has 0 unspecified atom stereocenters. The maximum absolute atomic E-state index is 12.6. The van der Waals surface area contributed by atoms with Crippen molar-refractivity contribution in [2.75, 3.05) is 32.8 Å². The minimum absolute atomic E-state index is 0.0135. The highest BCUT2D eigenvalue weighted by molar-refractivity contribution is 5.95. The summed E-state index contributed by atoms with van der Waals surface area (Å²) in [6, 6.07) is 0. The van der Waals surface area contributed by atoms with Crippen LogP contribution < -0.4 is 0 Å². The van der Waals surface area contributed by atoms with Crippen molar-refractivity contribution in [3.05, 3.63) is 33.4 Å². The van der Waals surface area contributed by atoms with E-state index in [1.54, 1.807) is 9.80 Å². The fraction of sp³-hybridized carbons (Fsp3) is 0.550. The molecule has 2 amide bonds. The predicted molar refractivity (Wildman–Crippen MR) is 99.2 cm³/mol. The number of esters is 1. The van der Waals surface area contributed by atoms with Gasteiger partial charge in [0.15, 0.2) is 6.61 Å². The summed E-state index contributed by atoms with van der Waals surface area (Å²) in [7, 11) is 0. The summed E-state index contributed by atoms with van der Waals surface area (Å²) in [5.41, 5.74) is 5.69. The molecule has 1 aromatic rings. The molecule has 0 N–H and O–H groups in total. The number of piperazine rings is 1. The lowest BCUT2D eigenvalue weighted by Crippen LogP contribution is -2.51. The maximum Gasteiger partial charge on any atom is 0.339 e. The molecule has 142 valence electrons. The van der Waals surface area contributed by atoms with Crippen LogP contribution in [-0.2, 0) is 14.3 Å². The van der Waals surface area contributed by atoms with Gasteiger partial charge in [-0.1, -0.05) is 0 Å². The summed E-state index contributed by atoms with van der Waals surface area (Å²) in [5.74, 6) is -0.668. The van der Waals surface area contributed by atoms with Gasteiger partial charge in [0, 0.05) is 33.1 Å². The molecule has 2 rings (SSSR count). The maximum atomic E-state index is 12.6. The molecule has 1 fully saturated rings. The highest BCUT2D eigenvalue weighted by Gasteiger charge is 2.24. The molecule has 6 nitrogen and oxygen atoms in total. The Morgan fingerprint density at radius 2 is 1.19 bits per heavy atom. The first-order chi connectivity index (χ1) is 12.1. The van der Waals surface area contributed by atoms with Crippen LogP contribution in [0.15, 0.2) is 0 Å². The van der Waals surface area contributed by atoms with Crippen LogP contribution in [0.25, 0.3) is 0 Å². The number of carbonyl (C=O) groups is 3. The van der Waals surface area contributed by atoms with Gasteiger partial charge in [-0.15, -0.1) is 0 Å². The quantitative estimate of drug-likeness (QED) is 0.774. The second kappa shape index (κ2) is 7.89. The molecule has 1 heterocycles. The van der Waals surface area contributed by atoms with Crippen LogP contribution in [0.4, 0.5) is 0 Å². The zero-order chi connectivity index (χ0) is 19.6. The van der Waals surface area contributed by atoms with Crippen LogP contribution in [-0.4, -0.2) is 60.4 Å². The zero-order valence-electron chi connectivity index (χ0n) is 16.6. The molecule has 0 atom stereocenters. The minimum atomic E-state index is -0.457. The van der Waals surface area contributed by atoms with Gasteiger partial charge in [0.1, 0.15) is 0 Å². The van der Waals surface area contributed by atoms with E-state index in [1.807, 2.05) is 34.6 Å². The highest BCUT2D eigenvalue weighted by Crippen LogP contribution is 2.26. The van der Waals surface area contributed by atoms with Crippen LogP contribution in [0, 0.1) is 34.6 Å². The highest BCUT2D eigenvalue weighted by atomic mass is 16.5. The number of rotatable bonds is 3. The topological polar surface area (TPSA) is 66.9 Å². The SMILES string of the molecule is CC(=O)N1CCN(C(=O)COC(=O)c2c(C)c(C)c(C)c(C)c2C)CC1. The number of nitrogens with zero attached hydrogens (tertiary/aromatic N) is 2. The van der Waals surface area contributed by atoms with Crippen molar-refractivity contribution in [2.24, 2.45) is 0 Å². The molecule has 1 aliphatic heterocycles. The third-order valence-electron chi connectivity index (χ3n) is 5.61. The van der Waals surface area contributed by atoms with Gasteiger partial charge >= 0.3 is 5.97 Å². The van der Waals surface area contributed by atoms with Crippen LogP contribution >= 0.6 is 0 Å². The summed E-state index contributed by atoms with van der Waals surface area (Å²) in [5, 5.41) is 0. The first-order valence-corrected chi connectivity index (χ1v) is 8.92. The lowest BCUT2D eigenvalue weighted by Gasteiger charge is -2.34. The molecule has 0 radical (unpaired) electrons. The van der Waals surface area contributed by atoms with E-state index in [0.717, 1.165) is 22.3 Å².